The molecule has 4 aromatic carbocycles. The van der Waals surface area contributed by atoms with Crippen LogP contribution in [-0.2, 0) is 23.9 Å². The molecule has 8 rings (SSSR count). The number of carbonyl (C=O) groups excluding carboxylic acids is 5. The van der Waals surface area contributed by atoms with E-state index in [2.05, 4.69) is 16.0 Å². The number of likely N-dealkylation sites (tertiary alicyclic amines) is 1. The minimum absolute atomic E-state index is 0.0585. The van der Waals surface area contributed by atoms with E-state index in [1.54, 1.807) is 74.2 Å². The predicted octanol–water partition coefficient (Wildman–Crippen LogP) is 7.58. The number of hydrogen-bond donors (Lipinski definition) is 3. The Bertz CT molecular complexity index is 2630. The molecule has 2 saturated heterocycles. The van der Waals surface area contributed by atoms with Crippen molar-refractivity contribution in [2.75, 3.05) is 49.9 Å². The Morgan fingerprint density at radius 2 is 1.04 bits per heavy atom. The number of rotatable bonds is 8. The molecular formula is C47H46Cl2F4N8O6. The molecule has 0 aliphatic carbocycles. The second-order valence-corrected chi connectivity index (χ2v) is 18.1. The Balaban J connectivity index is 0.000000203. The molecule has 0 unspecified atom stereocenters. The summed E-state index contributed by atoms with van der Waals surface area (Å²) in [5.74, 6) is -6.11. The molecule has 14 nitrogen and oxygen atoms in total. The number of hydrogen-bond acceptors (Lipinski definition) is 9. The zero-order valence-corrected chi connectivity index (χ0v) is 38.1. The second kappa shape index (κ2) is 19.8. The molecular weight excluding hydrogens is 919 g/mol. The maximum Gasteiger partial charge on any atom is 0.410 e. The van der Waals surface area contributed by atoms with Crippen LogP contribution in [0.25, 0.3) is 0 Å². The van der Waals surface area contributed by atoms with Gasteiger partial charge in [0.05, 0.1) is 0 Å². The third kappa shape index (κ3) is 11.3. The van der Waals surface area contributed by atoms with Crippen molar-refractivity contribution in [1.29, 1.82) is 0 Å². The van der Waals surface area contributed by atoms with Gasteiger partial charge in [-0.2, -0.15) is 0 Å². The first-order valence-electron chi connectivity index (χ1n) is 21.3. The van der Waals surface area contributed by atoms with Gasteiger partial charge in [-0.1, -0.05) is 47.5 Å². The van der Waals surface area contributed by atoms with Gasteiger partial charge in [0.15, 0.2) is 23.3 Å². The fourth-order valence-corrected chi connectivity index (χ4v) is 8.35. The van der Waals surface area contributed by atoms with Crippen molar-refractivity contribution >= 4 is 75.7 Å². The van der Waals surface area contributed by atoms with E-state index < -0.39 is 64.0 Å². The van der Waals surface area contributed by atoms with Crippen LogP contribution in [0.2, 0.25) is 10.0 Å². The number of benzene rings is 4. The number of nitrogens with zero attached hydrogens (tertiary/aromatic N) is 5. The summed E-state index contributed by atoms with van der Waals surface area (Å²) in [5.41, 5.74) is -0.709. The van der Waals surface area contributed by atoms with E-state index in [1.807, 2.05) is 0 Å². The van der Waals surface area contributed by atoms with Gasteiger partial charge in [-0.15, -0.1) is 0 Å². The van der Waals surface area contributed by atoms with Crippen molar-refractivity contribution in [2.24, 2.45) is 9.98 Å². The number of aliphatic imine (C=N–C) groups is 2. The van der Waals surface area contributed by atoms with E-state index in [1.165, 1.54) is 21.9 Å². The molecule has 0 saturated carbocycles. The molecule has 4 heterocycles. The Morgan fingerprint density at radius 1 is 0.642 bits per heavy atom. The summed E-state index contributed by atoms with van der Waals surface area (Å²) >= 11 is 11.9. The number of ether oxygens (including phenoxy) is 1. The van der Waals surface area contributed by atoms with Crippen molar-refractivity contribution in [3.05, 3.63) is 129 Å². The summed E-state index contributed by atoms with van der Waals surface area (Å²) in [7, 11) is 0. The minimum atomic E-state index is -1.10. The van der Waals surface area contributed by atoms with Gasteiger partial charge in [-0.25, -0.2) is 22.4 Å². The van der Waals surface area contributed by atoms with Crippen molar-refractivity contribution in [1.82, 2.24) is 20.0 Å². The lowest BCUT2D eigenvalue weighted by molar-refractivity contribution is -0.134. The molecule has 4 aromatic rings. The van der Waals surface area contributed by atoms with Crippen LogP contribution in [-0.4, -0.2) is 112 Å². The van der Waals surface area contributed by atoms with Gasteiger partial charge in [-0.05, 0) is 82.4 Å². The van der Waals surface area contributed by atoms with Crippen LogP contribution >= 0.6 is 23.2 Å². The first-order chi connectivity index (χ1) is 31.7. The molecule has 0 radical (unpaired) electrons. The summed E-state index contributed by atoms with van der Waals surface area (Å²) < 4.78 is 58.9. The molecule has 352 valence electrons. The zero-order valence-electron chi connectivity index (χ0n) is 36.6. The molecule has 3 N–H and O–H groups in total. The van der Waals surface area contributed by atoms with Crippen LogP contribution in [0, 0.1) is 23.3 Å². The topological polar surface area (TPSA) is 165 Å². The predicted molar refractivity (Wildman–Crippen MR) is 244 cm³/mol. The van der Waals surface area contributed by atoms with Crippen molar-refractivity contribution in [3.8, 4) is 0 Å². The van der Waals surface area contributed by atoms with Crippen LogP contribution in [0.5, 0.6) is 0 Å². The van der Waals surface area contributed by atoms with E-state index >= 15 is 0 Å². The largest absolute Gasteiger partial charge is 0.444 e. The van der Waals surface area contributed by atoms with E-state index in [4.69, 9.17) is 37.9 Å². The molecule has 0 aromatic heterocycles. The van der Waals surface area contributed by atoms with Gasteiger partial charge in [0.2, 0.25) is 11.8 Å². The Kier molecular flexibility index (Phi) is 14.4. The third-order valence-corrected chi connectivity index (χ3v) is 11.9. The highest BCUT2D eigenvalue weighted by Gasteiger charge is 2.51. The number of halogens is 6. The standard InChI is InChI=1S/C26H27ClF2N4O4.C21H19ClF2N4O2/c1-25(2,3)37-24(36)32-12-10-26(11-13-32)31-22(16-4-6-17(27)7-5-16)23(35)33(26)15-21(34)30-18-8-9-19(28)20(29)14-18;22-14-3-1-13(2-4-14)19-20(30)28(21(27-19)7-9-25-10-8-21)12-18(29)26-15-5-6-16(23)17(24)11-15/h4-9,14H,10-13,15H2,1-3H3,(H,30,34);1-6,11,25H,7-10,12H2,(H,26,29). The minimum Gasteiger partial charge on any atom is -0.444 e. The van der Waals surface area contributed by atoms with Gasteiger partial charge >= 0.3 is 6.09 Å². The van der Waals surface area contributed by atoms with Gasteiger partial charge in [0, 0.05) is 83.5 Å². The van der Waals surface area contributed by atoms with Crippen LogP contribution < -0.4 is 16.0 Å². The highest BCUT2D eigenvalue weighted by atomic mass is 35.5. The molecule has 4 aliphatic heterocycles. The van der Waals surface area contributed by atoms with E-state index in [9.17, 15) is 41.5 Å². The van der Waals surface area contributed by atoms with Gasteiger partial charge in [0.25, 0.3) is 11.8 Å². The summed E-state index contributed by atoms with van der Waals surface area (Å²) in [6.07, 6.45) is 1.24. The van der Waals surface area contributed by atoms with E-state index in [-0.39, 0.29) is 67.7 Å². The molecule has 0 bridgehead atoms. The summed E-state index contributed by atoms with van der Waals surface area (Å²) in [4.78, 5) is 78.7. The quantitative estimate of drug-likeness (QED) is 0.153. The average molecular weight is 966 g/mol. The molecule has 20 heteroatoms. The number of amides is 5. The number of piperidine rings is 2. The van der Waals surface area contributed by atoms with Crippen molar-refractivity contribution in [3.63, 3.8) is 0 Å². The Hall–Kier alpha value is -6.37. The smallest absolute Gasteiger partial charge is 0.410 e. The monoisotopic (exact) mass is 964 g/mol. The maximum atomic E-state index is 13.6. The Labute approximate surface area is 393 Å². The normalized spacial score (nSPS) is 17.5. The fourth-order valence-electron chi connectivity index (χ4n) is 8.10. The maximum absolute atomic E-state index is 13.6. The summed E-state index contributed by atoms with van der Waals surface area (Å²) in [5, 5.41) is 9.30. The van der Waals surface area contributed by atoms with Crippen molar-refractivity contribution in [2.45, 2.75) is 63.4 Å². The number of anilines is 2. The summed E-state index contributed by atoms with van der Waals surface area (Å²) in [6.45, 7) is 6.56. The van der Waals surface area contributed by atoms with Crippen molar-refractivity contribution < 1.29 is 46.3 Å². The molecule has 5 amide bonds. The van der Waals surface area contributed by atoms with Crippen LogP contribution in [0.3, 0.4) is 0 Å². The highest BCUT2D eigenvalue weighted by molar-refractivity contribution is 6.47. The molecule has 2 fully saturated rings. The zero-order chi connectivity index (χ0) is 48.3. The second-order valence-electron chi connectivity index (χ2n) is 17.3. The Morgan fingerprint density at radius 3 is 1.43 bits per heavy atom. The van der Waals surface area contributed by atoms with Gasteiger partial charge in [0.1, 0.15) is 41.4 Å². The highest BCUT2D eigenvalue weighted by Crippen LogP contribution is 2.38. The molecule has 2 spiro atoms. The van der Waals surface area contributed by atoms with E-state index in [0.717, 1.165) is 24.3 Å². The van der Waals surface area contributed by atoms with Crippen LogP contribution in [0.15, 0.2) is 94.9 Å². The lowest BCUT2D eigenvalue weighted by Crippen LogP contribution is -2.56. The third-order valence-electron chi connectivity index (χ3n) is 11.4. The fraction of sp³-hybridized carbons (Fsp3) is 0.340. The average Bonchev–Trinajstić information content (AvgIpc) is 3.68. The van der Waals surface area contributed by atoms with Gasteiger partial charge in [-0.3, -0.25) is 29.2 Å². The van der Waals surface area contributed by atoms with Gasteiger partial charge < -0.3 is 35.4 Å². The SMILES string of the molecule is CC(C)(C)OC(=O)N1CCC2(CC1)N=C(c1ccc(Cl)cc1)C(=O)N2CC(=O)Nc1ccc(F)c(F)c1.O=C(CN1C(=O)C(c2ccc(Cl)cc2)=NC12CCNCC2)Nc1ccc(F)c(F)c1. The molecule has 0 atom stereocenters. The lowest BCUT2D eigenvalue weighted by atomic mass is 9.96. The number of nitrogens with one attached hydrogen (secondary N) is 3. The summed E-state index contributed by atoms with van der Waals surface area (Å²) in [6, 6.07) is 19.5. The van der Waals surface area contributed by atoms with Crippen LogP contribution in [0.4, 0.5) is 33.7 Å². The van der Waals surface area contributed by atoms with Crippen LogP contribution in [0.1, 0.15) is 57.6 Å². The first-order valence-corrected chi connectivity index (χ1v) is 22.0. The molecule has 4 aliphatic rings. The first kappa shape index (κ1) is 48.6. The number of carbonyl (C=O) groups is 5. The van der Waals surface area contributed by atoms with E-state index in [0.29, 0.717) is 47.1 Å². The lowest BCUT2D eigenvalue weighted by Gasteiger charge is -2.42. The molecule has 67 heavy (non-hydrogen) atoms.